The predicted octanol–water partition coefficient (Wildman–Crippen LogP) is 2.07. The summed E-state index contributed by atoms with van der Waals surface area (Å²) in [4.78, 5) is 4.35. The Morgan fingerprint density at radius 2 is 2.00 bits per heavy atom. The molecule has 0 radical (unpaired) electrons. The molecule has 0 saturated carbocycles. The fourth-order valence-corrected chi connectivity index (χ4v) is 1.98. The van der Waals surface area contributed by atoms with Crippen molar-refractivity contribution >= 4 is 29.9 Å². The summed E-state index contributed by atoms with van der Waals surface area (Å²) in [6.45, 7) is 6.45. The molecule has 0 fully saturated rings. The number of nitrogens with zero attached hydrogens (tertiary/aromatic N) is 1. The second kappa shape index (κ2) is 6.82. The summed E-state index contributed by atoms with van der Waals surface area (Å²) < 4.78 is 0. The van der Waals surface area contributed by atoms with Gasteiger partial charge in [0.25, 0.3) is 0 Å². The van der Waals surface area contributed by atoms with E-state index in [9.17, 15) is 5.11 Å². The molecule has 0 amide bonds. The molecule has 1 aromatic rings. The molecule has 3 N–H and O–H groups in total. The van der Waals surface area contributed by atoms with Gasteiger partial charge in [-0.3, -0.25) is 4.99 Å². The first kappa shape index (κ1) is 15.1. The van der Waals surface area contributed by atoms with Crippen LogP contribution in [0.5, 0.6) is 5.75 Å². The van der Waals surface area contributed by atoms with E-state index in [1.807, 2.05) is 26.0 Å². The van der Waals surface area contributed by atoms with E-state index >= 15 is 0 Å². The molecular formula is C13H20IN3O. The second-order valence-electron chi connectivity index (χ2n) is 4.44. The van der Waals surface area contributed by atoms with Crippen LogP contribution in [0.3, 0.4) is 0 Å². The molecule has 100 valence electrons. The number of hydrogen-bond acceptors (Lipinski definition) is 4. The molecule has 0 spiro atoms. The highest BCUT2D eigenvalue weighted by Gasteiger charge is 2.06. The van der Waals surface area contributed by atoms with Gasteiger partial charge >= 0.3 is 0 Å². The van der Waals surface area contributed by atoms with Gasteiger partial charge < -0.3 is 15.7 Å². The van der Waals surface area contributed by atoms with Crippen LogP contribution in [0.25, 0.3) is 0 Å². The van der Waals surface area contributed by atoms with Gasteiger partial charge in [-0.25, -0.2) is 0 Å². The van der Waals surface area contributed by atoms with Crippen molar-refractivity contribution in [2.45, 2.75) is 26.8 Å². The standard InChI is InChI=1S/C13H19N3O.HI/c1-9-6-11(7-10(2)12(9)17)8-16-13-14-4-3-5-15-13;/h6-7,17H,3-5,8H2,1-2H3,(H2,14,15,16);1H. The molecule has 0 saturated heterocycles. The Hall–Kier alpha value is -0.980. The van der Waals surface area contributed by atoms with Crippen molar-refractivity contribution < 1.29 is 5.11 Å². The molecule has 2 rings (SSSR count). The maximum atomic E-state index is 9.69. The molecule has 0 aromatic heterocycles. The first-order chi connectivity index (χ1) is 8.16. The fraction of sp³-hybridized carbons (Fsp3) is 0.462. The number of halogens is 1. The quantitative estimate of drug-likeness (QED) is 0.707. The van der Waals surface area contributed by atoms with Gasteiger partial charge in [0.1, 0.15) is 5.75 Å². The van der Waals surface area contributed by atoms with Crippen molar-refractivity contribution in [1.82, 2.24) is 10.6 Å². The number of hydrogen-bond donors (Lipinski definition) is 3. The number of rotatable bonds is 2. The minimum Gasteiger partial charge on any atom is -0.507 e. The van der Waals surface area contributed by atoms with E-state index in [1.165, 1.54) is 0 Å². The van der Waals surface area contributed by atoms with Crippen LogP contribution >= 0.6 is 24.0 Å². The lowest BCUT2D eigenvalue weighted by atomic mass is 10.1. The SMILES string of the molecule is Cc1cc(CNC2=NCCCN2)cc(C)c1O.I. The van der Waals surface area contributed by atoms with Crippen LogP contribution in [0.2, 0.25) is 0 Å². The van der Waals surface area contributed by atoms with Crippen LogP contribution in [-0.4, -0.2) is 24.2 Å². The molecule has 1 aromatic carbocycles. The van der Waals surface area contributed by atoms with Gasteiger partial charge in [-0.15, -0.1) is 24.0 Å². The topological polar surface area (TPSA) is 56.7 Å². The van der Waals surface area contributed by atoms with Gasteiger partial charge in [-0.1, -0.05) is 12.1 Å². The number of phenolic OH excluding ortho intramolecular Hbond substituents is 1. The maximum absolute atomic E-state index is 9.69. The molecule has 5 heteroatoms. The lowest BCUT2D eigenvalue weighted by Crippen LogP contribution is -2.40. The predicted molar refractivity (Wildman–Crippen MR) is 84.8 cm³/mol. The number of benzene rings is 1. The van der Waals surface area contributed by atoms with Gasteiger partial charge in [0.15, 0.2) is 5.96 Å². The third-order valence-electron chi connectivity index (χ3n) is 2.91. The first-order valence-corrected chi connectivity index (χ1v) is 5.98. The van der Waals surface area contributed by atoms with E-state index in [0.29, 0.717) is 5.75 Å². The Kier molecular flexibility index (Phi) is 5.71. The van der Waals surface area contributed by atoms with Crippen molar-refractivity contribution in [2.75, 3.05) is 13.1 Å². The summed E-state index contributed by atoms with van der Waals surface area (Å²) in [5.41, 5.74) is 2.99. The van der Waals surface area contributed by atoms with Gasteiger partial charge in [0.05, 0.1) is 0 Å². The highest BCUT2D eigenvalue weighted by atomic mass is 127. The number of aryl methyl sites for hydroxylation is 2. The van der Waals surface area contributed by atoms with Crippen molar-refractivity contribution in [3.8, 4) is 5.75 Å². The molecule has 0 aliphatic carbocycles. The molecule has 0 bridgehead atoms. The van der Waals surface area contributed by atoms with E-state index in [1.54, 1.807) is 0 Å². The Morgan fingerprint density at radius 3 is 2.56 bits per heavy atom. The van der Waals surface area contributed by atoms with Gasteiger partial charge in [-0.05, 0) is 37.0 Å². The first-order valence-electron chi connectivity index (χ1n) is 5.98. The maximum Gasteiger partial charge on any atom is 0.191 e. The minimum absolute atomic E-state index is 0. The van der Waals surface area contributed by atoms with E-state index < -0.39 is 0 Å². The van der Waals surface area contributed by atoms with Crippen LogP contribution in [0.15, 0.2) is 17.1 Å². The number of nitrogens with one attached hydrogen (secondary N) is 2. The van der Waals surface area contributed by atoms with Gasteiger partial charge in [0.2, 0.25) is 0 Å². The number of guanidine groups is 1. The Labute approximate surface area is 125 Å². The largest absolute Gasteiger partial charge is 0.507 e. The fourth-order valence-electron chi connectivity index (χ4n) is 1.98. The zero-order valence-corrected chi connectivity index (χ0v) is 13.1. The summed E-state index contributed by atoms with van der Waals surface area (Å²) in [6, 6.07) is 4.00. The van der Waals surface area contributed by atoms with Crippen molar-refractivity contribution in [3.05, 3.63) is 28.8 Å². The van der Waals surface area contributed by atoms with Crippen LogP contribution in [-0.2, 0) is 6.54 Å². The van der Waals surface area contributed by atoms with Gasteiger partial charge in [0, 0.05) is 19.6 Å². The van der Waals surface area contributed by atoms with E-state index in [-0.39, 0.29) is 24.0 Å². The summed E-state index contributed by atoms with van der Waals surface area (Å²) in [5, 5.41) is 16.2. The Morgan fingerprint density at radius 1 is 1.33 bits per heavy atom. The van der Waals surface area contributed by atoms with Crippen molar-refractivity contribution in [1.29, 1.82) is 0 Å². The normalized spacial score (nSPS) is 14.2. The molecule has 0 atom stereocenters. The summed E-state index contributed by atoms with van der Waals surface area (Å²) >= 11 is 0. The van der Waals surface area contributed by atoms with E-state index in [2.05, 4.69) is 15.6 Å². The average molecular weight is 361 g/mol. The lowest BCUT2D eigenvalue weighted by Gasteiger charge is -2.16. The van der Waals surface area contributed by atoms with Crippen molar-refractivity contribution in [2.24, 2.45) is 4.99 Å². The second-order valence-corrected chi connectivity index (χ2v) is 4.44. The lowest BCUT2D eigenvalue weighted by molar-refractivity contribution is 0.466. The summed E-state index contributed by atoms with van der Waals surface area (Å²) in [5.74, 6) is 1.27. The highest BCUT2D eigenvalue weighted by molar-refractivity contribution is 14.0. The van der Waals surface area contributed by atoms with E-state index in [0.717, 1.165) is 48.7 Å². The average Bonchev–Trinajstić information content (AvgIpc) is 2.34. The Bertz CT molecular complexity index is 423. The molecule has 0 unspecified atom stereocenters. The third-order valence-corrected chi connectivity index (χ3v) is 2.91. The zero-order valence-electron chi connectivity index (χ0n) is 10.8. The van der Waals surface area contributed by atoms with E-state index in [4.69, 9.17) is 0 Å². The molecule has 1 aliphatic heterocycles. The summed E-state index contributed by atoms with van der Waals surface area (Å²) in [6.07, 6.45) is 1.10. The zero-order chi connectivity index (χ0) is 12.3. The minimum atomic E-state index is 0. The van der Waals surface area contributed by atoms with Gasteiger partial charge in [-0.2, -0.15) is 0 Å². The number of aromatic hydroxyl groups is 1. The highest BCUT2D eigenvalue weighted by Crippen LogP contribution is 2.22. The van der Waals surface area contributed by atoms with Crippen LogP contribution in [0, 0.1) is 13.8 Å². The summed E-state index contributed by atoms with van der Waals surface area (Å²) in [7, 11) is 0. The van der Waals surface area contributed by atoms with Crippen molar-refractivity contribution in [3.63, 3.8) is 0 Å². The molecule has 1 heterocycles. The number of phenols is 1. The molecule has 18 heavy (non-hydrogen) atoms. The smallest absolute Gasteiger partial charge is 0.191 e. The van der Waals surface area contributed by atoms with Crippen LogP contribution < -0.4 is 10.6 Å². The molecule has 4 nitrogen and oxygen atoms in total. The number of aliphatic imine (C=N–C) groups is 1. The molecular weight excluding hydrogens is 341 g/mol. The van der Waals surface area contributed by atoms with Crippen LogP contribution in [0.1, 0.15) is 23.1 Å². The monoisotopic (exact) mass is 361 g/mol. The van der Waals surface area contributed by atoms with Crippen LogP contribution in [0.4, 0.5) is 0 Å². The molecule has 1 aliphatic rings. The Balaban J connectivity index is 0.00000162. The third kappa shape index (κ3) is 3.76.